The third kappa shape index (κ3) is 4.60. The number of carbonyl (C=O) groups is 6. The van der Waals surface area contributed by atoms with E-state index in [1.54, 1.807) is 6.07 Å². The van der Waals surface area contributed by atoms with E-state index in [0.717, 1.165) is 18.1 Å². The number of benzene rings is 1. The number of unbranched alkanes of at least 4 members (excludes halogenated alkanes) is 1. The lowest BCUT2D eigenvalue weighted by atomic mass is 9.53. The zero-order valence-corrected chi connectivity index (χ0v) is 22.2. The van der Waals surface area contributed by atoms with Crippen molar-refractivity contribution in [1.82, 2.24) is 0 Å². The standard InChI is InChI=1S/C29H33NO9/c1-4-5-8-39-20(32)7-6-14-10-17(13(2)3)18-11-15-9-16-12-19(31)23(28(30)37)27(36)29(16,38)26(35)21(15)25(34)22(18)24(14)33/h6-7,10,13,15-16,21,23,33,38H,4-5,8-9,11-12H2,1-3H3,(H2,30,37)/t15-,16+,21?,23?,29+/m1/s1. The molecule has 2 fully saturated rings. The topological polar surface area (TPSA) is 178 Å². The van der Waals surface area contributed by atoms with Crippen LogP contribution in [-0.2, 0) is 35.1 Å². The Bertz CT molecular complexity index is 1310. The number of ketones is 4. The van der Waals surface area contributed by atoms with Gasteiger partial charge in [0.15, 0.2) is 34.7 Å². The van der Waals surface area contributed by atoms with Gasteiger partial charge in [-0.15, -0.1) is 0 Å². The minimum atomic E-state index is -2.70. The fourth-order valence-corrected chi connectivity index (χ4v) is 6.25. The van der Waals surface area contributed by atoms with Crippen molar-refractivity contribution < 1.29 is 43.7 Å². The van der Waals surface area contributed by atoms with E-state index in [4.69, 9.17) is 10.5 Å². The van der Waals surface area contributed by atoms with Crippen LogP contribution in [-0.4, -0.2) is 57.4 Å². The van der Waals surface area contributed by atoms with Gasteiger partial charge in [-0.05, 0) is 54.4 Å². The number of fused-ring (bicyclic) bond motifs is 3. The predicted octanol–water partition coefficient (Wildman–Crippen LogP) is 1.81. The van der Waals surface area contributed by atoms with E-state index in [-0.39, 0.29) is 42.9 Å². The number of amides is 1. The van der Waals surface area contributed by atoms with Crippen LogP contribution in [0.4, 0.5) is 0 Å². The number of Topliss-reactive ketones (excluding diaryl/α,β-unsaturated/α-hetero) is 4. The Morgan fingerprint density at radius 2 is 1.87 bits per heavy atom. The summed E-state index contributed by atoms with van der Waals surface area (Å²) < 4.78 is 5.11. The first kappa shape index (κ1) is 28.4. The molecule has 2 unspecified atom stereocenters. The Morgan fingerprint density at radius 1 is 1.18 bits per heavy atom. The molecule has 1 aromatic rings. The van der Waals surface area contributed by atoms with Crippen LogP contribution in [0.25, 0.3) is 6.08 Å². The van der Waals surface area contributed by atoms with Gasteiger partial charge in [0, 0.05) is 24.0 Å². The molecule has 10 nitrogen and oxygen atoms in total. The van der Waals surface area contributed by atoms with E-state index >= 15 is 0 Å². The van der Waals surface area contributed by atoms with Gasteiger partial charge >= 0.3 is 5.97 Å². The molecule has 0 saturated heterocycles. The van der Waals surface area contributed by atoms with Crippen LogP contribution >= 0.6 is 0 Å². The van der Waals surface area contributed by atoms with Crippen LogP contribution < -0.4 is 5.73 Å². The lowest BCUT2D eigenvalue weighted by Crippen LogP contribution is -2.68. The summed E-state index contributed by atoms with van der Waals surface area (Å²) in [7, 11) is 0. The normalized spacial score (nSPS) is 28.3. The molecule has 1 amide bonds. The Hall–Kier alpha value is -3.66. The van der Waals surface area contributed by atoms with Gasteiger partial charge in [0.1, 0.15) is 5.75 Å². The number of nitrogens with two attached hydrogens (primary N) is 1. The summed E-state index contributed by atoms with van der Waals surface area (Å²) in [4.78, 5) is 77.0. The first-order valence-electron chi connectivity index (χ1n) is 13.2. The van der Waals surface area contributed by atoms with Crippen molar-refractivity contribution in [1.29, 1.82) is 0 Å². The summed E-state index contributed by atoms with van der Waals surface area (Å²) >= 11 is 0. The Morgan fingerprint density at radius 3 is 2.49 bits per heavy atom. The zero-order valence-electron chi connectivity index (χ0n) is 22.2. The maximum Gasteiger partial charge on any atom is 0.330 e. The summed E-state index contributed by atoms with van der Waals surface area (Å²) in [5.41, 5.74) is 3.91. The predicted molar refractivity (Wildman–Crippen MR) is 137 cm³/mol. The molecule has 0 radical (unpaired) electrons. The summed E-state index contributed by atoms with van der Waals surface area (Å²) in [5.74, 6) is -11.3. The average Bonchev–Trinajstić information content (AvgIpc) is 2.85. The molecule has 0 heterocycles. The summed E-state index contributed by atoms with van der Waals surface area (Å²) in [6.45, 7) is 6.02. The Kier molecular flexibility index (Phi) is 7.62. The van der Waals surface area contributed by atoms with Gasteiger partial charge in [0.2, 0.25) is 5.91 Å². The van der Waals surface area contributed by atoms with E-state index < -0.39 is 70.0 Å². The lowest BCUT2D eigenvalue weighted by Gasteiger charge is -2.48. The van der Waals surface area contributed by atoms with Crippen molar-refractivity contribution in [3.8, 4) is 5.75 Å². The number of phenols is 1. The number of aliphatic hydroxyl groups is 1. The number of hydrogen-bond acceptors (Lipinski definition) is 9. The molecule has 208 valence electrons. The SMILES string of the molecule is CCCCOC(=O)C=Cc1cc(C(C)C)c2c(c1O)C(=O)C1C(=O)[C@]3(O)C(=O)C(C(N)=O)C(=O)C[C@@H]3C[C@@H]1C2. The van der Waals surface area contributed by atoms with Gasteiger partial charge in [-0.1, -0.05) is 27.2 Å². The molecular weight excluding hydrogens is 506 g/mol. The van der Waals surface area contributed by atoms with Crippen molar-refractivity contribution >= 4 is 41.1 Å². The van der Waals surface area contributed by atoms with Gasteiger partial charge in [-0.2, -0.15) is 0 Å². The molecular formula is C29H33NO9. The third-order valence-electron chi connectivity index (χ3n) is 8.23. The first-order chi connectivity index (χ1) is 18.3. The molecule has 2 saturated carbocycles. The van der Waals surface area contributed by atoms with Crippen LogP contribution in [0.3, 0.4) is 0 Å². The van der Waals surface area contributed by atoms with Crippen LogP contribution in [0, 0.1) is 23.7 Å². The molecule has 3 aliphatic rings. The molecule has 0 aliphatic heterocycles. The molecule has 4 N–H and O–H groups in total. The Labute approximate surface area is 225 Å². The second-order valence-electron chi connectivity index (χ2n) is 11.0. The quantitative estimate of drug-likeness (QED) is 0.202. The molecule has 5 atom stereocenters. The van der Waals surface area contributed by atoms with Gasteiger partial charge in [0.25, 0.3) is 0 Å². The number of ether oxygens (including phenoxy) is 1. The highest BCUT2D eigenvalue weighted by molar-refractivity contribution is 6.31. The maximum absolute atomic E-state index is 13.8. The number of hydrogen-bond donors (Lipinski definition) is 3. The number of aromatic hydroxyl groups is 1. The van der Waals surface area contributed by atoms with E-state index in [9.17, 15) is 39.0 Å². The number of rotatable bonds is 7. The highest BCUT2D eigenvalue weighted by Gasteiger charge is 2.66. The largest absolute Gasteiger partial charge is 0.507 e. The van der Waals surface area contributed by atoms with E-state index in [2.05, 4.69) is 0 Å². The average molecular weight is 540 g/mol. The van der Waals surface area contributed by atoms with Crippen LogP contribution in [0.15, 0.2) is 12.1 Å². The fourth-order valence-electron chi connectivity index (χ4n) is 6.25. The van der Waals surface area contributed by atoms with Crippen molar-refractivity contribution in [2.24, 2.45) is 29.4 Å². The molecule has 3 aliphatic carbocycles. The number of phenolic OH excluding ortho intramolecular Hbond substituents is 1. The highest BCUT2D eigenvalue weighted by Crippen LogP contribution is 2.51. The van der Waals surface area contributed by atoms with Crippen molar-refractivity contribution in [2.45, 2.75) is 64.4 Å². The third-order valence-corrected chi connectivity index (χ3v) is 8.23. The minimum Gasteiger partial charge on any atom is -0.507 e. The molecule has 0 spiro atoms. The van der Waals surface area contributed by atoms with Crippen LogP contribution in [0.2, 0.25) is 0 Å². The molecule has 0 aromatic heterocycles. The smallest absolute Gasteiger partial charge is 0.330 e. The van der Waals surface area contributed by atoms with Crippen molar-refractivity contribution in [3.05, 3.63) is 34.4 Å². The second kappa shape index (κ2) is 10.5. The van der Waals surface area contributed by atoms with E-state index in [1.807, 2.05) is 20.8 Å². The number of primary amides is 1. The zero-order chi connectivity index (χ0) is 28.8. The highest BCUT2D eigenvalue weighted by atomic mass is 16.5. The molecule has 0 bridgehead atoms. The van der Waals surface area contributed by atoms with Crippen molar-refractivity contribution in [3.63, 3.8) is 0 Å². The van der Waals surface area contributed by atoms with Gasteiger partial charge in [-0.3, -0.25) is 24.0 Å². The minimum absolute atomic E-state index is 0.0323. The molecule has 10 heteroatoms. The number of carbonyl (C=O) groups excluding carboxylic acids is 6. The van der Waals surface area contributed by atoms with Gasteiger partial charge < -0.3 is 20.7 Å². The van der Waals surface area contributed by atoms with Crippen LogP contribution in [0.5, 0.6) is 5.75 Å². The first-order valence-corrected chi connectivity index (χ1v) is 13.2. The second-order valence-corrected chi connectivity index (χ2v) is 11.0. The summed E-state index contributed by atoms with van der Waals surface area (Å²) in [5, 5.41) is 22.5. The van der Waals surface area contributed by atoms with Crippen LogP contribution in [0.1, 0.15) is 79.4 Å². The van der Waals surface area contributed by atoms with Gasteiger partial charge in [-0.25, -0.2) is 4.79 Å². The van der Waals surface area contributed by atoms with Gasteiger partial charge in [0.05, 0.1) is 18.1 Å². The Balaban J connectivity index is 1.76. The fraction of sp³-hybridized carbons (Fsp3) is 0.517. The van der Waals surface area contributed by atoms with Crippen molar-refractivity contribution in [2.75, 3.05) is 6.61 Å². The molecule has 39 heavy (non-hydrogen) atoms. The van der Waals surface area contributed by atoms with E-state index in [0.29, 0.717) is 12.0 Å². The maximum atomic E-state index is 13.8. The lowest BCUT2D eigenvalue weighted by molar-refractivity contribution is -0.175. The summed E-state index contributed by atoms with van der Waals surface area (Å²) in [6, 6.07) is 1.69. The molecule has 4 rings (SSSR count). The summed E-state index contributed by atoms with van der Waals surface area (Å²) in [6.07, 6.45) is 3.90. The van der Waals surface area contributed by atoms with E-state index in [1.165, 1.54) is 6.08 Å². The molecule has 1 aromatic carbocycles. The number of esters is 1. The monoisotopic (exact) mass is 539 g/mol.